The molecule has 2 aliphatic rings. The molecule has 2 bridgehead atoms. The van der Waals surface area contributed by atoms with Gasteiger partial charge in [-0.2, -0.15) is 0 Å². The largest absolute Gasteiger partial charge is 0.351 e. The molecule has 0 spiro atoms. The van der Waals surface area contributed by atoms with Crippen LogP contribution in [0.5, 0.6) is 0 Å². The van der Waals surface area contributed by atoms with Gasteiger partial charge in [0.15, 0.2) is 6.35 Å². The highest BCUT2D eigenvalue weighted by molar-refractivity contribution is 5.80. The number of hydrogen-bond donors (Lipinski definition) is 3. The number of hydroxylamine groups is 3. The number of rotatable bonds is 2. The van der Waals surface area contributed by atoms with E-state index < -0.39 is 18.3 Å². The Kier molecular flexibility index (Phi) is 2.89. The SMILES string of the molecule is COC1N(O)C2CCC(C(=O)NO)N1C2. The summed E-state index contributed by atoms with van der Waals surface area (Å²) in [5.74, 6) is -0.453. The molecule has 0 aromatic carbocycles. The first-order chi connectivity index (χ1) is 7.19. The number of carbonyl (C=O) groups is 1. The van der Waals surface area contributed by atoms with Gasteiger partial charge in [0.25, 0.3) is 5.91 Å². The molecule has 4 atom stereocenters. The van der Waals surface area contributed by atoms with Crippen LogP contribution < -0.4 is 5.48 Å². The summed E-state index contributed by atoms with van der Waals surface area (Å²) in [6.07, 6.45) is 0.721. The van der Waals surface area contributed by atoms with E-state index in [1.807, 2.05) is 0 Å². The summed E-state index contributed by atoms with van der Waals surface area (Å²) in [7, 11) is 1.47. The van der Waals surface area contributed by atoms with E-state index in [2.05, 4.69) is 0 Å². The number of piperidine rings is 1. The van der Waals surface area contributed by atoms with E-state index >= 15 is 0 Å². The van der Waals surface area contributed by atoms with E-state index in [4.69, 9.17) is 9.94 Å². The lowest BCUT2D eigenvalue weighted by Crippen LogP contribution is -2.51. The van der Waals surface area contributed by atoms with Gasteiger partial charge >= 0.3 is 0 Å². The molecule has 0 aliphatic carbocycles. The fourth-order valence-corrected chi connectivity index (χ4v) is 2.37. The molecule has 0 saturated carbocycles. The average molecular weight is 217 g/mol. The van der Waals surface area contributed by atoms with Gasteiger partial charge in [-0.05, 0) is 12.8 Å². The number of ether oxygens (including phenoxy) is 1. The zero-order valence-electron chi connectivity index (χ0n) is 8.46. The van der Waals surface area contributed by atoms with Crippen molar-refractivity contribution in [3.63, 3.8) is 0 Å². The van der Waals surface area contributed by atoms with Crippen molar-refractivity contribution >= 4 is 5.91 Å². The van der Waals surface area contributed by atoms with Gasteiger partial charge in [-0.3, -0.25) is 10.0 Å². The molecule has 86 valence electrons. The Morgan fingerprint density at radius 1 is 1.53 bits per heavy atom. The summed E-state index contributed by atoms with van der Waals surface area (Å²) in [6.45, 7) is 0.576. The van der Waals surface area contributed by atoms with Crippen LogP contribution in [-0.2, 0) is 9.53 Å². The molecule has 2 saturated heterocycles. The van der Waals surface area contributed by atoms with Crippen molar-refractivity contribution in [1.82, 2.24) is 15.4 Å². The lowest BCUT2D eigenvalue weighted by molar-refractivity contribution is -0.233. The topological polar surface area (TPSA) is 85.3 Å². The van der Waals surface area contributed by atoms with Crippen molar-refractivity contribution in [2.75, 3.05) is 13.7 Å². The Bertz CT molecular complexity index is 262. The lowest BCUT2D eigenvalue weighted by Gasteiger charge is -2.31. The molecule has 15 heavy (non-hydrogen) atoms. The van der Waals surface area contributed by atoms with Gasteiger partial charge in [0, 0.05) is 13.7 Å². The van der Waals surface area contributed by atoms with E-state index in [1.54, 1.807) is 10.4 Å². The van der Waals surface area contributed by atoms with E-state index in [0.29, 0.717) is 19.4 Å². The van der Waals surface area contributed by atoms with E-state index in [-0.39, 0.29) is 6.04 Å². The van der Waals surface area contributed by atoms with E-state index in [9.17, 15) is 10.0 Å². The number of hydrogen-bond acceptors (Lipinski definition) is 6. The van der Waals surface area contributed by atoms with Crippen LogP contribution in [-0.4, -0.2) is 58.4 Å². The first kappa shape index (κ1) is 10.8. The Morgan fingerprint density at radius 3 is 2.87 bits per heavy atom. The van der Waals surface area contributed by atoms with Gasteiger partial charge in [-0.15, -0.1) is 5.06 Å². The zero-order valence-corrected chi connectivity index (χ0v) is 8.46. The van der Waals surface area contributed by atoms with Crippen molar-refractivity contribution in [2.24, 2.45) is 0 Å². The third kappa shape index (κ3) is 1.62. The maximum absolute atomic E-state index is 11.4. The second kappa shape index (κ2) is 4.03. The van der Waals surface area contributed by atoms with Crippen LogP contribution in [0, 0.1) is 0 Å². The average Bonchev–Trinajstić information content (AvgIpc) is 2.51. The molecule has 7 nitrogen and oxygen atoms in total. The van der Waals surface area contributed by atoms with Crippen LogP contribution in [0.15, 0.2) is 0 Å². The van der Waals surface area contributed by atoms with Gasteiger partial charge in [0.2, 0.25) is 0 Å². The molecule has 0 radical (unpaired) electrons. The molecule has 3 N–H and O–H groups in total. The summed E-state index contributed by atoms with van der Waals surface area (Å²) in [6, 6.07) is -0.425. The molecule has 2 fully saturated rings. The standard InChI is InChI=1S/C8H15N3O4/c1-15-8-10-4-5(11(8)14)2-3-6(10)7(12)9-13/h5-6,8,13-14H,2-4H2,1H3,(H,9,12). The molecular formula is C8H15N3O4. The second-order valence-corrected chi connectivity index (χ2v) is 3.86. The number of carbonyl (C=O) groups excluding carboxylic acids is 1. The molecule has 1 amide bonds. The summed E-state index contributed by atoms with van der Waals surface area (Å²) >= 11 is 0. The summed E-state index contributed by atoms with van der Waals surface area (Å²) in [5.41, 5.74) is 1.64. The van der Waals surface area contributed by atoms with Crippen LogP contribution in [0.4, 0.5) is 0 Å². The van der Waals surface area contributed by atoms with E-state index in [0.717, 1.165) is 5.06 Å². The molecule has 0 aromatic heterocycles. The maximum atomic E-state index is 11.4. The quantitative estimate of drug-likeness (QED) is 0.404. The first-order valence-corrected chi connectivity index (χ1v) is 4.88. The van der Waals surface area contributed by atoms with Gasteiger partial charge < -0.3 is 9.94 Å². The van der Waals surface area contributed by atoms with Gasteiger partial charge in [-0.25, -0.2) is 10.4 Å². The van der Waals surface area contributed by atoms with Crippen LogP contribution in [0.3, 0.4) is 0 Å². The van der Waals surface area contributed by atoms with Crippen LogP contribution >= 0.6 is 0 Å². The predicted molar refractivity (Wildman–Crippen MR) is 47.9 cm³/mol. The minimum absolute atomic E-state index is 0.0118. The molecule has 4 unspecified atom stereocenters. The molecule has 7 heteroatoms. The third-order valence-corrected chi connectivity index (χ3v) is 3.10. The number of amides is 1. The van der Waals surface area contributed by atoms with Crippen LogP contribution in [0.25, 0.3) is 0 Å². The fourth-order valence-electron chi connectivity index (χ4n) is 2.37. The number of fused-ring (bicyclic) bond motifs is 2. The summed E-state index contributed by atoms with van der Waals surface area (Å²) in [5, 5.41) is 19.4. The van der Waals surface area contributed by atoms with Crippen molar-refractivity contribution in [2.45, 2.75) is 31.3 Å². The predicted octanol–water partition coefficient (Wildman–Crippen LogP) is -1.04. The van der Waals surface area contributed by atoms with E-state index in [1.165, 1.54) is 7.11 Å². The van der Waals surface area contributed by atoms with Crippen molar-refractivity contribution in [3.05, 3.63) is 0 Å². The minimum Gasteiger partial charge on any atom is -0.351 e. The van der Waals surface area contributed by atoms with Gasteiger partial charge in [0.05, 0.1) is 12.1 Å². The third-order valence-electron chi connectivity index (χ3n) is 3.10. The maximum Gasteiger partial charge on any atom is 0.260 e. The Labute approximate surface area is 87.1 Å². The highest BCUT2D eigenvalue weighted by atomic mass is 16.6. The fraction of sp³-hybridized carbons (Fsp3) is 0.875. The molecule has 2 heterocycles. The molecule has 0 aromatic rings. The first-order valence-electron chi connectivity index (χ1n) is 4.88. The van der Waals surface area contributed by atoms with Crippen LogP contribution in [0.2, 0.25) is 0 Å². The molecular weight excluding hydrogens is 202 g/mol. The highest BCUT2D eigenvalue weighted by Crippen LogP contribution is 2.31. The number of methoxy groups -OCH3 is 1. The van der Waals surface area contributed by atoms with Gasteiger partial charge in [0.1, 0.15) is 0 Å². The number of nitrogens with one attached hydrogen (secondary N) is 1. The highest BCUT2D eigenvalue weighted by Gasteiger charge is 2.48. The van der Waals surface area contributed by atoms with Gasteiger partial charge in [-0.1, -0.05) is 0 Å². The molecule has 2 aliphatic heterocycles. The summed E-state index contributed by atoms with van der Waals surface area (Å²) < 4.78 is 5.10. The normalized spacial score (nSPS) is 40.5. The van der Waals surface area contributed by atoms with Crippen molar-refractivity contribution in [3.8, 4) is 0 Å². The smallest absolute Gasteiger partial charge is 0.260 e. The Hall–Kier alpha value is -0.730. The van der Waals surface area contributed by atoms with Crippen LogP contribution in [0.1, 0.15) is 12.8 Å². The second-order valence-electron chi connectivity index (χ2n) is 3.86. The minimum atomic E-state index is -0.597. The monoisotopic (exact) mass is 217 g/mol. The Morgan fingerprint density at radius 2 is 2.27 bits per heavy atom. The summed E-state index contributed by atoms with van der Waals surface area (Å²) in [4.78, 5) is 13.1. The number of nitrogens with zero attached hydrogens (tertiary/aromatic N) is 2. The molecule has 2 rings (SSSR count). The van der Waals surface area contributed by atoms with Crippen molar-refractivity contribution in [1.29, 1.82) is 0 Å². The Balaban J connectivity index is 2.15. The lowest BCUT2D eigenvalue weighted by atomic mass is 10.0. The van der Waals surface area contributed by atoms with Crippen molar-refractivity contribution < 1.29 is 19.9 Å². The zero-order chi connectivity index (χ0) is 11.0.